The van der Waals surface area contributed by atoms with E-state index in [1.165, 1.54) is 16.8 Å². The lowest BCUT2D eigenvalue weighted by molar-refractivity contribution is 0.276. The predicted octanol–water partition coefficient (Wildman–Crippen LogP) is 4.14. The molecule has 0 aromatic carbocycles. The second-order valence-electron chi connectivity index (χ2n) is 8.33. The van der Waals surface area contributed by atoms with E-state index in [0.29, 0.717) is 5.92 Å². The molecular weight excluding hydrogens is 332 g/mol. The van der Waals surface area contributed by atoms with Gasteiger partial charge in [-0.2, -0.15) is 0 Å². The lowest BCUT2D eigenvalue weighted by Gasteiger charge is -2.29. The van der Waals surface area contributed by atoms with Crippen molar-refractivity contribution in [1.29, 1.82) is 0 Å². The van der Waals surface area contributed by atoms with Crippen molar-refractivity contribution in [3.63, 3.8) is 0 Å². The first kappa shape index (κ1) is 17.9. The van der Waals surface area contributed by atoms with Crippen molar-refractivity contribution in [2.24, 2.45) is 5.92 Å². The van der Waals surface area contributed by atoms with E-state index in [1.807, 2.05) is 0 Å². The average molecular weight is 363 g/mol. The summed E-state index contributed by atoms with van der Waals surface area (Å²) in [6.45, 7) is 7.49. The molecule has 0 fully saturated rings. The van der Waals surface area contributed by atoms with Gasteiger partial charge in [0.2, 0.25) is 0 Å². The van der Waals surface area contributed by atoms with Gasteiger partial charge in [-0.15, -0.1) is 5.53 Å². The average Bonchev–Trinajstić information content (AvgIpc) is 3.05. The summed E-state index contributed by atoms with van der Waals surface area (Å²) in [5.41, 5.74) is 12.8. The summed E-state index contributed by atoms with van der Waals surface area (Å²) in [6.07, 6.45) is 23.6. The first-order valence-corrected chi connectivity index (χ1v) is 9.98. The highest BCUT2D eigenvalue weighted by atomic mass is 15.7. The topological polar surface area (TPSA) is 39.3 Å². The number of hydrazine groups is 2. The number of nitrogens with zero attached hydrogens (tertiary/aromatic N) is 1. The third-order valence-electron chi connectivity index (χ3n) is 5.27. The Hall–Kier alpha value is -2.46. The Labute approximate surface area is 162 Å². The van der Waals surface area contributed by atoms with Gasteiger partial charge in [-0.25, -0.2) is 0 Å². The molecule has 142 valence electrons. The largest absolute Gasteiger partial charge is 0.375 e. The van der Waals surface area contributed by atoms with E-state index in [4.69, 9.17) is 0 Å². The fourth-order valence-electron chi connectivity index (χ4n) is 3.95. The molecule has 2 heterocycles. The highest BCUT2D eigenvalue weighted by Gasteiger charge is 2.30. The van der Waals surface area contributed by atoms with Gasteiger partial charge in [0.1, 0.15) is 0 Å². The minimum Gasteiger partial charge on any atom is -0.375 e. The molecule has 4 aliphatic rings. The van der Waals surface area contributed by atoms with Crippen LogP contribution in [0, 0.1) is 5.92 Å². The van der Waals surface area contributed by atoms with E-state index in [0.717, 1.165) is 37.2 Å². The van der Waals surface area contributed by atoms with Crippen molar-refractivity contribution in [2.75, 3.05) is 6.54 Å². The maximum atomic E-state index is 3.64. The van der Waals surface area contributed by atoms with Gasteiger partial charge < -0.3 is 5.32 Å². The zero-order chi connectivity index (χ0) is 18.9. The van der Waals surface area contributed by atoms with Crippen LogP contribution in [0.15, 0.2) is 82.9 Å². The molecule has 0 bridgehead atoms. The summed E-state index contributed by atoms with van der Waals surface area (Å²) >= 11 is 0. The highest BCUT2D eigenvalue weighted by Crippen LogP contribution is 2.31. The summed E-state index contributed by atoms with van der Waals surface area (Å²) in [5, 5.41) is 5.88. The van der Waals surface area contributed by atoms with Gasteiger partial charge in [-0.1, -0.05) is 55.5 Å². The van der Waals surface area contributed by atoms with Crippen LogP contribution in [-0.2, 0) is 0 Å². The van der Waals surface area contributed by atoms with E-state index in [9.17, 15) is 0 Å². The first-order valence-electron chi connectivity index (χ1n) is 9.98. The molecule has 2 aliphatic carbocycles. The highest BCUT2D eigenvalue weighted by molar-refractivity contribution is 5.51. The number of hydrogen-bond acceptors (Lipinski definition) is 4. The molecule has 1 unspecified atom stereocenters. The van der Waals surface area contributed by atoms with E-state index in [1.54, 1.807) is 0 Å². The Bertz CT molecular complexity index is 817. The van der Waals surface area contributed by atoms with Crippen LogP contribution < -0.4 is 16.3 Å². The lowest BCUT2D eigenvalue weighted by atomic mass is 9.96. The van der Waals surface area contributed by atoms with Gasteiger partial charge in [0.05, 0.1) is 29.2 Å². The minimum atomic E-state index is -0.0574. The van der Waals surface area contributed by atoms with Crippen molar-refractivity contribution in [3.8, 4) is 0 Å². The monoisotopic (exact) mass is 362 g/mol. The SMILES string of the molecule is CC1C=C(CN2NNC(C3=CC=CC(C)(C)N3)=C2C2=CCCC=C2)C=CC1. The molecule has 0 radical (unpaired) electrons. The third-order valence-corrected chi connectivity index (χ3v) is 5.27. The summed E-state index contributed by atoms with van der Waals surface area (Å²) < 4.78 is 0. The molecule has 0 saturated heterocycles. The molecule has 3 N–H and O–H groups in total. The van der Waals surface area contributed by atoms with Gasteiger partial charge in [-0.05, 0) is 56.3 Å². The number of rotatable bonds is 4. The fraction of sp³-hybridized carbons (Fsp3) is 0.391. The van der Waals surface area contributed by atoms with E-state index in [2.05, 4.69) is 96.7 Å². The van der Waals surface area contributed by atoms with Crippen LogP contribution in [0.25, 0.3) is 0 Å². The van der Waals surface area contributed by atoms with E-state index >= 15 is 0 Å². The van der Waals surface area contributed by atoms with Crippen molar-refractivity contribution in [2.45, 2.75) is 45.6 Å². The lowest BCUT2D eigenvalue weighted by Crippen LogP contribution is -2.42. The van der Waals surface area contributed by atoms with Crippen LogP contribution in [0.3, 0.4) is 0 Å². The zero-order valence-corrected chi connectivity index (χ0v) is 16.5. The molecule has 0 amide bonds. The van der Waals surface area contributed by atoms with Crippen molar-refractivity contribution in [1.82, 2.24) is 21.3 Å². The molecule has 2 aliphatic heterocycles. The quantitative estimate of drug-likeness (QED) is 0.703. The molecule has 4 rings (SSSR count). The molecule has 4 nitrogen and oxygen atoms in total. The fourth-order valence-corrected chi connectivity index (χ4v) is 3.95. The summed E-state index contributed by atoms with van der Waals surface area (Å²) in [6, 6.07) is 0. The summed E-state index contributed by atoms with van der Waals surface area (Å²) in [5.74, 6) is 0.606. The molecule has 0 spiro atoms. The molecule has 4 heteroatoms. The Morgan fingerprint density at radius 2 is 2.07 bits per heavy atom. The van der Waals surface area contributed by atoms with Crippen LogP contribution >= 0.6 is 0 Å². The van der Waals surface area contributed by atoms with E-state index in [-0.39, 0.29) is 5.54 Å². The molecule has 0 aromatic rings. The maximum absolute atomic E-state index is 3.64. The Morgan fingerprint density at radius 3 is 2.81 bits per heavy atom. The molecule has 1 atom stereocenters. The number of allylic oxidation sites excluding steroid dienone is 7. The van der Waals surface area contributed by atoms with Crippen LogP contribution in [0.2, 0.25) is 0 Å². The maximum Gasteiger partial charge on any atom is 0.0992 e. The van der Waals surface area contributed by atoms with Crippen molar-refractivity contribution in [3.05, 3.63) is 82.9 Å². The van der Waals surface area contributed by atoms with Gasteiger partial charge in [0, 0.05) is 0 Å². The Morgan fingerprint density at radius 1 is 1.19 bits per heavy atom. The summed E-state index contributed by atoms with van der Waals surface area (Å²) in [7, 11) is 0. The standard InChI is InChI=1S/C23H30N4/c1-17-9-7-10-18(15-17)16-27-22(19-11-5-4-6-12-19)21(25-26-27)20-13-8-14-23(2,3)24-20/h5,7-8,10-15,17,24-26H,4,6,9,16H2,1-3H3. The van der Waals surface area contributed by atoms with Gasteiger partial charge in [-0.3, -0.25) is 10.4 Å². The normalized spacial score (nSPS) is 26.4. The second kappa shape index (κ2) is 7.28. The van der Waals surface area contributed by atoms with Crippen LogP contribution in [0.4, 0.5) is 0 Å². The summed E-state index contributed by atoms with van der Waals surface area (Å²) in [4.78, 5) is 0. The number of dihydropyridines is 1. The van der Waals surface area contributed by atoms with Crippen LogP contribution in [0.1, 0.15) is 40.0 Å². The van der Waals surface area contributed by atoms with Crippen LogP contribution in [0.5, 0.6) is 0 Å². The van der Waals surface area contributed by atoms with Gasteiger partial charge >= 0.3 is 0 Å². The smallest absolute Gasteiger partial charge is 0.0992 e. The third kappa shape index (κ3) is 3.96. The number of nitrogens with one attached hydrogen (secondary N) is 3. The Balaban J connectivity index is 1.68. The molecule has 0 saturated carbocycles. The van der Waals surface area contributed by atoms with Gasteiger partial charge in [0.25, 0.3) is 0 Å². The zero-order valence-electron chi connectivity index (χ0n) is 16.5. The van der Waals surface area contributed by atoms with E-state index < -0.39 is 0 Å². The predicted molar refractivity (Wildman–Crippen MR) is 112 cm³/mol. The first-order chi connectivity index (χ1) is 13.0. The van der Waals surface area contributed by atoms with Gasteiger partial charge in [0.15, 0.2) is 0 Å². The number of hydrogen-bond donors (Lipinski definition) is 3. The second-order valence-corrected chi connectivity index (χ2v) is 8.33. The molecular formula is C23H30N4. The van der Waals surface area contributed by atoms with Crippen molar-refractivity contribution < 1.29 is 0 Å². The van der Waals surface area contributed by atoms with Crippen molar-refractivity contribution >= 4 is 0 Å². The molecule has 27 heavy (non-hydrogen) atoms. The van der Waals surface area contributed by atoms with Crippen LogP contribution in [-0.4, -0.2) is 17.1 Å². The minimum absolute atomic E-state index is 0.0574. The molecule has 0 aromatic heterocycles. The Kier molecular flexibility index (Phi) is 4.83.